The highest BCUT2D eigenvalue weighted by atomic mass is 35.5. The molecule has 3 aromatic rings. The summed E-state index contributed by atoms with van der Waals surface area (Å²) < 4.78 is 1.92. The lowest BCUT2D eigenvalue weighted by atomic mass is 10.1. The molecule has 0 radical (unpaired) electrons. The highest BCUT2D eigenvalue weighted by Crippen LogP contribution is 2.25. The van der Waals surface area contributed by atoms with Crippen molar-refractivity contribution in [3.8, 4) is 5.69 Å². The van der Waals surface area contributed by atoms with Crippen LogP contribution in [-0.2, 0) is 6.54 Å². The van der Waals surface area contributed by atoms with Crippen molar-refractivity contribution in [2.75, 3.05) is 0 Å². The third kappa shape index (κ3) is 4.06. The van der Waals surface area contributed by atoms with E-state index in [1.807, 2.05) is 0 Å². The van der Waals surface area contributed by atoms with Gasteiger partial charge in [0.25, 0.3) is 11.6 Å². The van der Waals surface area contributed by atoms with Crippen molar-refractivity contribution in [3.63, 3.8) is 0 Å². The van der Waals surface area contributed by atoms with E-state index < -0.39 is 10.8 Å². The number of nitro groups is 1. The average molecular weight is 438 g/mol. The molecule has 8 nitrogen and oxygen atoms in total. The standard InChI is InChI=1S/C17H13Cl2N5O3S/c1-9-2-3-10(6-14(9)24(26)27)16(25)20-8-15-21-22-17(28)23(15)11-4-5-12(18)13(19)7-11/h2-7H,8H2,1H3,(H,20,25)(H,22,28). The Balaban J connectivity index is 1.83. The number of aromatic amines is 1. The maximum Gasteiger partial charge on any atom is 0.273 e. The zero-order chi connectivity index (χ0) is 20.4. The smallest absolute Gasteiger partial charge is 0.273 e. The fraction of sp³-hybridized carbons (Fsp3) is 0.118. The molecule has 1 heterocycles. The Morgan fingerprint density at radius 3 is 2.71 bits per heavy atom. The fourth-order valence-corrected chi connectivity index (χ4v) is 3.10. The van der Waals surface area contributed by atoms with E-state index in [0.29, 0.717) is 31.9 Å². The van der Waals surface area contributed by atoms with Crippen LogP contribution < -0.4 is 5.32 Å². The number of amides is 1. The van der Waals surface area contributed by atoms with Gasteiger partial charge >= 0.3 is 0 Å². The van der Waals surface area contributed by atoms with E-state index in [2.05, 4.69) is 15.5 Å². The summed E-state index contributed by atoms with van der Waals surface area (Å²) in [6.07, 6.45) is 0. The molecule has 144 valence electrons. The van der Waals surface area contributed by atoms with Gasteiger partial charge in [0.2, 0.25) is 0 Å². The fourth-order valence-electron chi connectivity index (χ4n) is 2.55. The number of hydrogen-bond acceptors (Lipinski definition) is 5. The lowest BCUT2D eigenvalue weighted by Crippen LogP contribution is -2.24. The molecule has 0 aliphatic heterocycles. The maximum atomic E-state index is 12.4. The van der Waals surface area contributed by atoms with Crippen LogP contribution in [0.5, 0.6) is 0 Å². The third-order valence-electron chi connectivity index (χ3n) is 3.98. The van der Waals surface area contributed by atoms with Crippen LogP contribution >= 0.6 is 35.4 Å². The summed E-state index contributed by atoms with van der Waals surface area (Å²) in [7, 11) is 0. The molecule has 0 atom stereocenters. The summed E-state index contributed by atoms with van der Waals surface area (Å²) in [5.74, 6) is -0.0453. The number of carbonyl (C=O) groups excluding carboxylic acids is 1. The number of carbonyl (C=O) groups is 1. The van der Waals surface area contributed by atoms with Crippen molar-refractivity contribution < 1.29 is 9.72 Å². The molecule has 0 aliphatic rings. The van der Waals surface area contributed by atoms with Crippen LogP contribution in [0.1, 0.15) is 21.7 Å². The largest absolute Gasteiger partial charge is 0.345 e. The van der Waals surface area contributed by atoms with Gasteiger partial charge in [-0.15, -0.1) is 0 Å². The summed E-state index contributed by atoms with van der Waals surface area (Å²) in [6.45, 7) is 1.64. The zero-order valence-corrected chi connectivity index (χ0v) is 16.7. The first-order valence-corrected chi connectivity index (χ1v) is 9.09. The Hall–Kier alpha value is -2.75. The second-order valence-corrected chi connectivity index (χ2v) is 7.02. The molecule has 0 saturated heterocycles. The van der Waals surface area contributed by atoms with Gasteiger partial charge in [-0.1, -0.05) is 29.3 Å². The Morgan fingerprint density at radius 2 is 2.04 bits per heavy atom. The lowest BCUT2D eigenvalue weighted by molar-refractivity contribution is -0.385. The topological polar surface area (TPSA) is 106 Å². The SMILES string of the molecule is Cc1ccc(C(=O)NCc2n[nH]c(=S)n2-c2ccc(Cl)c(Cl)c2)cc1[N+](=O)[O-]. The Morgan fingerprint density at radius 1 is 1.29 bits per heavy atom. The number of hydrogen-bond donors (Lipinski definition) is 2. The highest BCUT2D eigenvalue weighted by molar-refractivity contribution is 7.71. The normalized spacial score (nSPS) is 10.7. The first kappa shape index (κ1) is 20.0. The molecule has 0 saturated carbocycles. The van der Waals surface area contributed by atoms with E-state index >= 15 is 0 Å². The van der Waals surface area contributed by atoms with Gasteiger partial charge in [0.1, 0.15) is 0 Å². The van der Waals surface area contributed by atoms with Crippen molar-refractivity contribution in [1.29, 1.82) is 0 Å². The molecule has 2 aromatic carbocycles. The lowest BCUT2D eigenvalue weighted by Gasteiger charge is -2.09. The summed E-state index contributed by atoms with van der Waals surface area (Å²) in [6, 6.07) is 9.26. The molecule has 3 rings (SSSR count). The van der Waals surface area contributed by atoms with Crippen LogP contribution in [0.25, 0.3) is 5.69 Å². The second kappa shape index (κ2) is 8.09. The minimum atomic E-state index is -0.526. The maximum absolute atomic E-state index is 12.4. The molecule has 0 unspecified atom stereocenters. The monoisotopic (exact) mass is 437 g/mol. The summed E-state index contributed by atoms with van der Waals surface area (Å²) in [5, 5.41) is 21.3. The molecule has 11 heteroatoms. The average Bonchev–Trinajstić information content (AvgIpc) is 3.02. The van der Waals surface area contributed by atoms with E-state index in [-0.39, 0.29) is 17.8 Å². The predicted octanol–water partition coefficient (Wildman–Crippen LogP) is 4.38. The van der Waals surface area contributed by atoms with Gasteiger partial charge in [0.15, 0.2) is 10.6 Å². The van der Waals surface area contributed by atoms with E-state index in [1.165, 1.54) is 18.2 Å². The van der Waals surface area contributed by atoms with Gasteiger partial charge < -0.3 is 5.32 Å². The Bertz CT molecular complexity index is 1140. The quantitative estimate of drug-likeness (QED) is 0.349. The van der Waals surface area contributed by atoms with Crippen molar-refractivity contribution >= 4 is 47.0 Å². The minimum Gasteiger partial charge on any atom is -0.345 e. The molecular weight excluding hydrogens is 425 g/mol. The van der Waals surface area contributed by atoms with Gasteiger partial charge in [-0.2, -0.15) is 5.10 Å². The van der Waals surface area contributed by atoms with Crippen LogP contribution in [0.15, 0.2) is 36.4 Å². The number of aromatic nitrogens is 3. The molecule has 0 spiro atoms. The Labute approximate surface area is 174 Å². The first-order valence-electron chi connectivity index (χ1n) is 7.93. The minimum absolute atomic E-state index is 0.0356. The molecule has 0 aliphatic carbocycles. The molecule has 28 heavy (non-hydrogen) atoms. The molecule has 2 N–H and O–H groups in total. The number of nitro benzene ring substituents is 1. The van der Waals surface area contributed by atoms with Gasteiger partial charge in [-0.3, -0.25) is 24.6 Å². The Kier molecular flexibility index (Phi) is 5.78. The van der Waals surface area contributed by atoms with E-state index in [0.717, 1.165) is 0 Å². The number of rotatable bonds is 5. The van der Waals surface area contributed by atoms with Crippen LogP contribution in [0.2, 0.25) is 10.0 Å². The van der Waals surface area contributed by atoms with Crippen LogP contribution in [0.4, 0.5) is 5.69 Å². The molecule has 0 fully saturated rings. The molecule has 1 amide bonds. The van der Waals surface area contributed by atoms with Crippen molar-refractivity contribution in [1.82, 2.24) is 20.1 Å². The van der Waals surface area contributed by atoms with Gasteiger partial charge in [0, 0.05) is 17.2 Å². The first-order chi connectivity index (χ1) is 13.3. The van der Waals surface area contributed by atoms with Crippen LogP contribution in [0.3, 0.4) is 0 Å². The number of nitrogens with one attached hydrogen (secondary N) is 2. The predicted molar refractivity (Wildman–Crippen MR) is 108 cm³/mol. The van der Waals surface area contributed by atoms with Crippen LogP contribution in [0, 0.1) is 21.8 Å². The van der Waals surface area contributed by atoms with Gasteiger partial charge in [-0.25, -0.2) is 0 Å². The number of nitrogens with zero attached hydrogens (tertiary/aromatic N) is 3. The zero-order valence-electron chi connectivity index (χ0n) is 14.4. The van der Waals surface area contributed by atoms with Crippen molar-refractivity contribution in [2.45, 2.75) is 13.5 Å². The molecule has 0 bridgehead atoms. The van der Waals surface area contributed by atoms with Crippen LogP contribution in [-0.4, -0.2) is 25.6 Å². The number of halogens is 2. The van der Waals surface area contributed by atoms with Gasteiger partial charge in [0.05, 0.1) is 27.2 Å². The third-order valence-corrected chi connectivity index (χ3v) is 4.99. The number of benzene rings is 2. The number of aryl methyl sites for hydroxylation is 1. The van der Waals surface area contributed by atoms with E-state index in [9.17, 15) is 14.9 Å². The van der Waals surface area contributed by atoms with Crippen molar-refractivity contribution in [3.05, 3.63) is 78.3 Å². The van der Waals surface area contributed by atoms with E-state index in [1.54, 1.807) is 29.7 Å². The molecule has 1 aromatic heterocycles. The molecular formula is C17H13Cl2N5O3S. The highest BCUT2D eigenvalue weighted by Gasteiger charge is 2.16. The van der Waals surface area contributed by atoms with Gasteiger partial charge in [-0.05, 0) is 43.4 Å². The summed E-state index contributed by atoms with van der Waals surface area (Å²) >= 11 is 17.2. The second-order valence-electron chi connectivity index (χ2n) is 5.82. The van der Waals surface area contributed by atoms with Crippen molar-refractivity contribution in [2.24, 2.45) is 0 Å². The van der Waals surface area contributed by atoms with E-state index in [4.69, 9.17) is 35.4 Å². The summed E-state index contributed by atoms with van der Waals surface area (Å²) in [4.78, 5) is 22.9. The number of H-pyrrole nitrogens is 1. The summed E-state index contributed by atoms with van der Waals surface area (Å²) in [5.41, 5.74) is 1.16.